The number of nitrogens with one attached hydrogen (secondary N) is 1. The summed E-state index contributed by atoms with van der Waals surface area (Å²) in [6.45, 7) is 7.08. The standard InChI is InChI=1S/C15H24N2OS/c1-11(2)13-4-6-14(7-5-13)17-15(18)10-19-9-12(3)8-16/h4-7,11-12H,8-10,16H2,1-3H3,(H,17,18). The van der Waals surface area contributed by atoms with Gasteiger partial charge in [0, 0.05) is 5.69 Å². The first-order valence-electron chi connectivity index (χ1n) is 6.70. The fourth-order valence-corrected chi connectivity index (χ4v) is 2.48. The highest BCUT2D eigenvalue weighted by Gasteiger charge is 2.05. The van der Waals surface area contributed by atoms with Crippen molar-refractivity contribution in [3.8, 4) is 0 Å². The van der Waals surface area contributed by atoms with Gasteiger partial charge >= 0.3 is 0 Å². The van der Waals surface area contributed by atoms with Gasteiger partial charge in [0.15, 0.2) is 0 Å². The predicted molar refractivity (Wildman–Crippen MR) is 84.7 cm³/mol. The van der Waals surface area contributed by atoms with E-state index in [-0.39, 0.29) is 5.91 Å². The number of carbonyl (C=O) groups excluding carboxylic acids is 1. The Bertz CT molecular complexity index is 390. The molecule has 0 saturated heterocycles. The van der Waals surface area contributed by atoms with Crippen molar-refractivity contribution in [2.45, 2.75) is 26.7 Å². The molecule has 3 nitrogen and oxygen atoms in total. The van der Waals surface area contributed by atoms with Crippen molar-refractivity contribution in [1.29, 1.82) is 0 Å². The summed E-state index contributed by atoms with van der Waals surface area (Å²) in [4.78, 5) is 11.7. The lowest BCUT2D eigenvalue weighted by Crippen LogP contribution is -2.17. The summed E-state index contributed by atoms with van der Waals surface area (Å²) in [7, 11) is 0. The summed E-state index contributed by atoms with van der Waals surface area (Å²) < 4.78 is 0. The van der Waals surface area contributed by atoms with Gasteiger partial charge < -0.3 is 11.1 Å². The smallest absolute Gasteiger partial charge is 0.234 e. The molecule has 0 aliphatic rings. The Morgan fingerprint density at radius 1 is 1.26 bits per heavy atom. The zero-order valence-electron chi connectivity index (χ0n) is 12.0. The third kappa shape index (κ3) is 6.12. The molecule has 0 fully saturated rings. The van der Waals surface area contributed by atoms with Crippen LogP contribution in [-0.2, 0) is 4.79 Å². The summed E-state index contributed by atoms with van der Waals surface area (Å²) in [5, 5.41) is 2.91. The van der Waals surface area contributed by atoms with Crippen molar-refractivity contribution >= 4 is 23.4 Å². The van der Waals surface area contributed by atoms with Crippen molar-refractivity contribution in [1.82, 2.24) is 0 Å². The molecule has 1 rings (SSSR count). The van der Waals surface area contributed by atoms with Crippen molar-refractivity contribution in [2.24, 2.45) is 11.7 Å². The van der Waals surface area contributed by atoms with E-state index in [1.54, 1.807) is 11.8 Å². The average molecular weight is 280 g/mol. The molecule has 1 aromatic rings. The van der Waals surface area contributed by atoms with Gasteiger partial charge in [-0.25, -0.2) is 0 Å². The third-order valence-electron chi connectivity index (χ3n) is 2.90. The normalized spacial score (nSPS) is 12.5. The third-order valence-corrected chi connectivity index (χ3v) is 4.17. The summed E-state index contributed by atoms with van der Waals surface area (Å²) in [5.41, 5.74) is 7.68. The fourth-order valence-electron chi connectivity index (χ4n) is 1.57. The molecule has 0 radical (unpaired) electrons. The molecular weight excluding hydrogens is 256 g/mol. The van der Waals surface area contributed by atoms with E-state index >= 15 is 0 Å². The van der Waals surface area contributed by atoms with Crippen LogP contribution in [0.4, 0.5) is 5.69 Å². The van der Waals surface area contributed by atoms with Crippen molar-refractivity contribution in [3.63, 3.8) is 0 Å². The minimum atomic E-state index is 0.0477. The van der Waals surface area contributed by atoms with Crippen LogP contribution >= 0.6 is 11.8 Å². The molecule has 0 aliphatic carbocycles. The van der Waals surface area contributed by atoms with Crippen molar-refractivity contribution in [2.75, 3.05) is 23.4 Å². The Morgan fingerprint density at radius 2 is 1.89 bits per heavy atom. The van der Waals surface area contributed by atoms with Crippen LogP contribution in [0, 0.1) is 5.92 Å². The second kappa shape index (κ2) is 8.23. The van der Waals surface area contributed by atoms with E-state index in [2.05, 4.69) is 38.2 Å². The minimum Gasteiger partial charge on any atom is -0.330 e. The Balaban J connectivity index is 2.36. The molecule has 106 valence electrons. The summed E-state index contributed by atoms with van der Waals surface area (Å²) in [6.07, 6.45) is 0. The molecule has 1 unspecified atom stereocenters. The molecular formula is C15H24N2OS. The first-order valence-corrected chi connectivity index (χ1v) is 7.86. The number of carbonyl (C=O) groups is 1. The summed E-state index contributed by atoms with van der Waals surface area (Å²) in [6, 6.07) is 8.04. The summed E-state index contributed by atoms with van der Waals surface area (Å²) >= 11 is 1.63. The molecule has 3 N–H and O–H groups in total. The molecule has 19 heavy (non-hydrogen) atoms. The number of amides is 1. The Labute approximate surface area is 120 Å². The number of hydrogen-bond donors (Lipinski definition) is 2. The van der Waals surface area contributed by atoms with E-state index in [0.29, 0.717) is 24.1 Å². The van der Waals surface area contributed by atoms with E-state index in [4.69, 9.17) is 5.73 Å². The number of nitrogens with two attached hydrogens (primary N) is 1. The van der Waals surface area contributed by atoms with Gasteiger partial charge in [-0.1, -0.05) is 32.9 Å². The maximum absolute atomic E-state index is 11.7. The largest absolute Gasteiger partial charge is 0.330 e. The zero-order valence-corrected chi connectivity index (χ0v) is 12.8. The van der Waals surface area contributed by atoms with Gasteiger partial charge in [0.25, 0.3) is 0 Å². The van der Waals surface area contributed by atoms with E-state index in [1.807, 2.05) is 12.1 Å². The van der Waals surface area contributed by atoms with Gasteiger partial charge in [-0.2, -0.15) is 11.8 Å². The maximum Gasteiger partial charge on any atom is 0.234 e. The van der Waals surface area contributed by atoms with Crippen LogP contribution in [0.5, 0.6) is 0 Å². The van der Waals surface area contributed by atoms with Crippen LogP contribution in [-0.4, -0.2) is 24.0 Å². The Hall–Kier alpha value is -1.00. The molecule has 1 amide bonds. The maximum atomic E-state index is 11.7. The van der Waals surface area contributed by atoms with Crippen molar-refractivity contribution in [3.05, 3.63) is 29.8 Å². The highest BCUT2D eigenvalue weighted by atomic mass is 32.2. The lowest BCUT2D eigenvalue weighted by atomic mass is 10.0. The van der Waals surface area contributed by atoms with E-state index < -0.39 is 0 Å². The van der Waals surface area contributed by atoms with Crippen LogP contribution in [0.25, 0.3) is 0 Å². The Morgan fingerprint density at radius 3 is 2.42 bits per heavy atom. The van der Waals surface area contributed by atoms with E-state index in [9.17, 15) is 4.79 Å². The Kier molecular flexibility index (Phi) is 6.95. The van der Waals surface area contributed by atoms with Gasteiger partial charge in [-0.05, 0) is 41.8 Å². The molecule has 1 aromatic carbocycles. The molecule has 0 saturated carbocycles. The monoisotopic (exact) mass is 280 g/mol. The minimum absolute atomic E-state index is 0.0477. The number of thioether (sulfide) groups is 1. The number of hydrogen-bond acceptors (Lipinski definition) is 3. The zero-order chi connectivity index (χ0) is 14.3. The highest BCUT2D eigenvalue weighted by Crippen LogP contribution is 2.17. The number of benzene rings is 1. The summed E-state index contributed by atoms with van der Waals surface area (Å²) in [5.74, 6) is 2.43. The molecule has 0 aliphatic heterocycles. The quantitative estimate of drug-likeness (QED) is 0.807. The second-order valence-electron chi connectivity index (χ2n) is 5.18. The van der Waals surface area contributed by atoms with Crippen LogP contribution in [0.3, 0.4) is 0 Å². The molecule has 0 bridgehead atoms. The first-order chi connectivity index (χ1) is 9.02. The second-order valence-corrected chi connectivity index (χ2v) is 6.21. The molecule has 4 heteroatoms. The van der Waals surface area contributed by atoms with Gasteiger partial charge in [-0.15, -0.1) is 0 Å². The number of rotatable bonds is 7. The van der Waals surface area contributed by atoms with Crippen LogP contribution in [0.1, 0.15) is 32.3 Å². The lowest BCUT2D eigenvalue weighted by molar-refractivity contribution is -0.113. The highest BCUT2D eigenvalue weighted by molar-refractivity contribution is 7.99. The van der Waals surface area contributed by atoms with E-state index in [0.717, 1.165) is 11.4 Å². The first kappa shape index (κ1) is 16.1. The average Bonchev–Trinajstić information content (AvgIpc) is 2.39. The topological polar surface area (TPSA) is 55.1 Å². The van der Waals surface area contributed by atoms with Gasteiger partial charge in [0.1, 0.15) is 0 Å². The van der Waals surface area contributed by atoms with Crippen molar-refractivity contribution < 1.29 is 4.79 Å². The van der Waals surface area contributed by atoms with Crippen LogP contribution in [0.2, 0.25) is 0 Å². The van der Waals surface area contributed by atoms with Gasteiger partial charge in [0.05, 0.1) is 5.75 Å². The SMILES string of the molecule is CC(CN)CSCC(=O)Nc1ccc(C(C)C)cc1. The molecule has 0 spiro atoms. The molecule has 1 atom stereocenters. The molecule has 0 heterocycles. The molecule has 0 aromatic heterocycles. The number of anilines is 1. The van der Waals surface area contributed by atoms with Crippen LogP contribution in [0.15, 0.2) is 24.3 Å². The van der Waals surface area contributed by atoms with E-state index in [1.165, 1.54) is 5.56 Å². The fraction of sp³-hybridized carbons (Fsp3) is 0.533. The van der Waals surface area contributed by atoms with Crippen LogP contribution < -0.4 is 11.1 Å². The van der Waals surface area contributed by atoms with Gasteiger partial charge in [0.2, 0.25) is 5.91 Å². The predicted octanol–water partition coefficient (Wildman–Crippen LogP) is 3.08. The lowest BCUT2D eigenvalue weighted by Gasteiger charge is -2.09. The van der Waals surface area contributed by atoms with Gasteiger partial charge in [-0.3, -0.25) is 4.79 Å².